The molecule has 0 fully saturated rings. The Labute approximate surface area is 113 Å². The van der Waals surface area contributed by atoms with Crippen molar-refractivity contribution < 1.29 is 26.3 Å². The van der Waals surface area contributed by atoms with E-state index >= 15 is 0 Å². The summed E-state index contributed by atoms with van der Waals surface area (Å²) in [6, 6.07) is -0.226. The SMILES string of the molecule is CCNC(c1cc(C)c(F)c(C)c1)C(F)(F)C(F)(F)F. The second-order valence-electron chi connectivity index (χ2n) is 4.58. The Morgan fingerprint density at radius 3 is 1.85 bits per heavy atom. The molecule has 0 saturated carbocycles. The summed E-state index contributed by atoms with van der Waals surface area (Å²) < 4.78 is 78.1. The molecule has 0 saturated heterocycles. The average molecular weight is 299 g/mol. The number of hydrogen-bond acceptors (Lipinski definition) is 1. The van der Waals surface area contributed by atoms with Crippen LogP contribution in [0, 0.1) is 19.7 Å². The van der Waals surface area contributed by atoms with E-state index in [1.165, 1.54) is 20.8 Å². The van der Waals surface area contributed by atoms with Crippen molar-refractivity contribution in [3.05, 3.63) is 34.6 Å². The molecule has 1 rings (SSSR count). The largest absolute Gasteiger partial charge is 0.455 e. The van der Waals surface area contributed by atoms with Crippen molar-refractivity contribution in [2.75, 3.05) is 6.54 Å². The van der Waals surface area contributed by atoms with Gasteiger partial charge in [0.05, 0.1) is 0 Å². The molecule has 0 aliphatic heterocycles. The molecule has 0 aliphatic carbocycles. The van der Waals surface area contributed by atoms with Gasteiger partial charge in [0.15, 0.2) is 0 Å². The molecule has 1 atom stereocenters. The third-order valence-electron chi connectivity index (χ3n) is 2.94. The Balaban J connectivity index is 3.35. The van der Waals surface area contributed by atoms with Crippen molar-refractivity contribution in [3.8, 4) is 0 Å². The fraction of sp³-hybridized carbons (Fsp3) is 0.538. The van der Waals surface area contributed by atoms with Crippen LogP contribution >= 0.6 is 0 Å². The molecule has 7 heteroatoms. The number of hydrogen-bond donors (Lipinski definition) is 1. The number of nitrogens with one attached hydrogen (secondary N) is 1. The monoisotopic (exact) mass is 299 g/mol. The summed E-state index contributed by atoms with van der Waals surface area (Å²) in [6.45, 7) is 3.98. The Morgan fingerprint density at radius 2 is 1.50 bits per heavy atom. The smallest absolute Gasteiger partial charge is 0.305 e. The molecule has 1 unspecified atom stereocenters. The molecule has 1 aromatic carbocycles. The van der Waals surface area contributed by atoms with Gasteiger partial charge in [0.1, 0.15) is 11.9 Å². The number of aryl methyl sites for hydroxylation is 2. The summed E-state index contributed by atoms with van der Waals surface area (Å²) >= 11 is 0. The van der Waals surface area contributed by atoms with E-state index in [0.29, 0.717) is 0 Å². The van der Waals surface area contributed by atoms with Gasteiger partial charge in [-0.2, -0.15) is 22.0 Å². The van der Waals surface area contributed by atoms with Crippen molar-refractivity contribution in [2.45, 2.75) is 38.9 Å². The highest BCUT2D eigenvalue weighted by atomic mass is 19.4. The summed E-state index contributed by atoms with van der Waals surface area (Å²) in [5.41, 5.74) is -0.229. The van der Waals surface area contributed by atoms with Crippen LogP contribution < -0.4 is 5.32 Å². The van der Waals surface area contributed by atoms with Crippen LogP contribution in [0.2, 0.25) is 0 Å². The lowest BCUT2D eigenvalue weighted by Gasteiger charge is -2.30. The maximum absolute atomic E-state index is 13.6. The zero-order valence-electron chi connectivity index (χ0n) is 11.2. The van der Waals surface area contributed by atoms with Crippen molar-refractivity contribution >= 4 is 0 Å². The lowest BCUT2D eigenvalue weighted by Crippen LogP contribution is -2.48. The maximum atomic E-state index is 13.6. The molecule has 0 bridgehead atoms. The van der Waals surface area contributed by atoms with Crippen molar-refractivity contribution in [1.29, 1.82) is 0 Å². The van der Waals surface area contributed by atoms with Crippen LogP contribution in [0.25, 0.3) is 0 Å². The summed E-state index contributed by atoms with van der Waals surface area (Å²) in [5.74, 6) is -5.56. The van der Waals surface area contributed by atoms with Gasteiger partial charge in [-0.05, 0) is 37.1 Å². The Kier molecular flexibility index (Phi) is 4.74. The second kappa shape index (κ2) is 5.63. The molecule has 0 spiro atoms. The molecule has 0 aliphatic rings. The van der Waals surface area contributed by atoms with E-state index in [1.807, 2.05) is 0 Å². The number of rotatable bonds is 4. The molecule has 0 amide bonds. The first-order valence-electron chi connectivity index (χ1n) is 5.97. The molecule has 1 aromatic rings. The summed E-state index contributed by atoms with van der Waals surface area (Å²) in [7, 11) is 0. The van der Waals surface area contributed by atoms with E-state index in [1.54, 1.807) is 0 Å². The minimum Gasteiger partial charge on any atom is -0.305 e. The molecular weight excluding hydrogens is 284 g/mol. The highest BCUT2D eigenvalue weighted by molar-refractivity contribution is 5.33. The van der Waals surface area contributed by atoms with E-state index in [-0.39, 0.29) is 23.2 Å². The van der Waals surface area contributed by atoms with E-state index in [9.17, 15) is 26.3 Å². The van der Waals surface area contributed by atoms with Gasteiger partial charge in [0.25, 0.3) is 0 Å². The van der Waals surface area contributed by atoms with Crippen LogP contribution in [0.3, 0.4) is 0 Å². The molecule has 0 radical (unpaired) electrons. The minimum atomic E-state index is -5.68. The maximum Gasteiger partial charge on any atom is 0.455 e. The van der Waals surface area contributed by atoms with Gasteiger partial charge in [0.2, 0.25) is 0 Å². The Morgan fingerprint density at radius 1 is 1.05 bits per heavy atom. The predicted octanol–water partition coefficient (Wildman–Crippen LogP) is 4.29. The van der Waals surface area contributed by atoms with Crippen LogP contribution in [0.5, 0.6) is 0 Å². The highest BCUT2D eigenvalue weighted by Gasteiger charge is 2.62. The molecule has 0 heterocycles. The van der Waals surface area contributed by atoms with Crippen LogP contribution in [-0.2, 0) is 0 Å². The average Bonchev–Trinajstić information content (AvgIpc) is 2.30. The van der Waals surface area contributed by atoms with Gasteiger partial charge < -0.3 is 5.32 Å². The summed E-state index contributed by atoms with van der Waals surface area (Å²) in [5, 5.41) is 2.13. The zero-order chi connectivity index (χ0) is 15.7. The van der Waals surface area contributed by atoms with Crippen LogP contribution in [0.15, 0.2) is 12.1 Å². The number of halogens is 6. The fourth-order valence-corrected chi connectivity index (χ4v) is 1.97. The van der Waals surface area contributed by atoms with Crippen LogP contribution in [0.4, 0.5) is 26.3 Å². The first-order valence-corrected chi connectivity index (χ1v) is 5.97. The van der Waals surface area contributed by atoms with Gasteiger partial charge >= 0.3 is 12.1 Å². The first-order chi connectivity index (χ1) is 9.02. The summed E-state index contributed by atoms with van der Waals surface area (Å²) in [6.07, 6.45) is -5.68. The zero-order valence-corrected chi connectivity index (χ0v) is 11.2. The molecule has 114 valence electrons. The van der Waals surface area contributed by atoms with Gasteiger partial charge in [-0.15, -0.1) is 0 Å². The predicted molar refractivity (Wildman–Crippen MR) is 63.3 cm³/mol. The quantitative estimate of drug-likeness (QED) is 0.818. The highest BCUT2D eigenvalue weighted by Crippen LogP contribution is 2.44. The third-order valence-corrected chi connectivity index (χ3v) is 2.94. The Bertz CT molecular complexity index is 457. The first kappa shape index (κ1) is 16.8. The van der Waals surface area contributed by atoms with Gasteiger partial charge in [-0.3, -0.25) is 0 Å². The Hall–Kier alpha value is -1.24. The van der Waals surface area contributed by atoms with Crippen molar-refractivity contribution in [1.82, 2.24) is 5.32 Å². The molecular formula is C13H15F6N. The number of alkyl halides is 5. The second-order valence-corrected chi connectivity index (χ2v) is 4.58. The van der Waals surface area contributed by atoms with Crippen LogP contribution in [0.1, 0.15) is 29.7 Å². The van der Waals surface area contributed by atoms with Crippen molar-refractivity contribution in [3.63, 3.8) is 0 Å². The summed E-state index contributed by atoms with van der Waals surface area (Å²) in [4.78, 5) is 0. The van der Waals surface area contributed by atoms with Gasteiger partial charge in [0, 0.05) is 0 Å². The minimum absolute atomic E-state index is 0.0286. The van der Waals surface area contributed by atoms with Crippen LogP contribution in [-0.4, -0.2) is 18.6 Å². The normalized spacial score (nSPS) is 14.4. The van der Waals surface area contributed by atoms with E-state index in [2.05, 4.69) is 5.32 Å². The molecule has 1 N–H and O–H groups in total. The van der Waals surface area contributed by atoms with Gasteiger partial charge in [-0.1, -0.05) is 19.1 Å². The van der Waals surface area contributed by atoms with E-state index < -0.39 is 24.0 Å². The molecule has 20 heavy (non-hydrogen) atoms. The fourth-order valence-electron chi connectivity index (χ4n) is 1.97. The molecule has 0 aromatic heterocycles. The standard InChI is InChI=1S/C13H15F6N/c1-4-20-11(12(15,16)13(17,18)19)9-5-7(2)10(14)8(3)6-9/h5-6,11,20H,4H2,1-3H3. The lowest BCUT2D eigenvalue weighted by atomic mass is 9.96. The lowest BCUT2D eigenvalue weighted by molar-refractivity contribution is -0.294. The third kappa shape index (κ3) is 3.08. The van der Waals surface area contributed by atoms with Crippen molar-refractivity contribution in [2.24, 2.45) is 0 Å². The number of benzene rings is 1. The van der Waals surface area contributed by atoms with Gasteiger partial charge in [-0.25, -0.2) is 4.39 Å². The molecule has 1 nitrogen and oxygen atoms in total. The van der Waals surface area contributed by atoms with E-state index in [4.69, 9.17) is 0 Å². The topological polar surface area (TPSA) is 12.0 Å². The van der Waals surface area contributed by atoms with E-state index in [0.717, 1.165) is 12.1 Å².